The van der Waals surface area contributed by atoms with Gasteiger partial charge < -0.3 is 0 Å². The number of benzene rings is 1. The summed E-state index contributed by atoms with van der Waals surface area (Å²) in [5, 5.41) is 5.45. The first-order chi connectivity index (χ1) is 10.1. The Kier molecular flexibility index (Phi) is 3.88. The standard InChI is InChI=1S/C17H18N2OS/c1-11(2)8-16(20)19-17-18-15(10-21-17)14-7-6-12-4-3-5-13(12)9-14/h6-10H,3-5H2,1-2H3,(H,18,19,20). The fraction of sp³-hybridized carbons (Fsp3) is 0.294. The van der Waals surface area contributed by atoms with Crippen molar-refractivity contribution in [3.8, 4) is 11.3 Å². The quantitative estimate of drug-likeness (QED) is 0.863. The lowest BCUT2D eigenvalue weighted by atomic mass is 10.1. The first-order valence-corrected chi connectivity index (χ1v) is 8.03. The van der Waals surface area contributed by atoms with Crippen molar-refractivity contribution in [1.82, 2.24) is 4.98 Å². The molecular weight excluding hydrogens is 280 g/mol. The first kappa shape index (κ1) is 14.0. The van der Waals surface area contributed by atoms with Crippen molar-refractivity contribution in [2.45, 2.75) is 33.1 Å². The number of nitrogens with zero attached hydrogens (tertiary/aromatic N) is 1. The van der Waals surface area contributed by atoms with Gasteiger partial charge in [0.15, 0.2) is 5.13 Å². The molecule has 0 saturated carbocycles. The Morgan fingerprint density at radius 3 is 2.90 bits per heavy atom. The second kappa shape index (κ2) is 5.82. The molecule has 3 nitrogen and oxygen atoms in total. The zero-order valence-corrected chi connectivity index (χ0v) is 13.1. The molecule has 0 bridgehead atoms. The Labute approximate surface area is 128 Å². The minimum Gasteiger partial charge on any atom is -0.298 e. The Hall–Kier alpha value is -1.94. The maximum absolute atomic E-state index is 11.7. The zero-order chi connectivity index (χ0) is 14.8. The SMILES string of the molecule is CC(C)=CC(=O)Nc1nc(-c2ccc3c(c2)CCC3)cs1. The summed E-state index contributed by atoms with van der Waals surface area (Å²) in [5.74, 6) is -0.121. The van der Waals surface area contributed by atoms with Gasteiger partial charge in [-0.25, -0.2) is 4.98 Å². The molecule has 0 aliphatic heterocycles. The number of amides is 1. The van der Waals surface area contributed by atoms with Crippen LogP contribution in [0.25, 0.3) is 11.3 Å². The molecule has 0 atom stereocenters. The molecule has 1 aliphatic carbocycles. The van der Waals surface area contributed by atoms with Crippen LogP contribution < -0.4 is 5.32 Å². The highest BCUT2D eigenvalue weighted by atomic mass is 32.1. The Morgan fingerprint density at radius 1 is 1.29 bits per heavy atom. The molecule has 0 fully saturated rings. The number of carbonyl (C=O) groups excluding carboxylic acids is 1. The van der Waals surface area contributed by atoms with Gasteiger partial charge in [0.2, 0.25) is 5.91 Å². The van der Waals surface area contributed by atoms with Crippen molar-refractivity contribution in [3.05, 3.63) is 46.4 Å². The van der Waals surface area contributed by atoms with Crippen LogP contribution >= 0.6 is 11.3 Å². The van der Waals surface area contributed by atoms with Gasteiger partial charge in [-0.05, 0) is 50.3 Å². The minimum atomic E-state index is -0.121. The van der Waals surface area contributed by atoms with E-state index < -0.39 is 0 Å². The fourth-order valence-electron chi connectivity index (χ4n) is 2.60. The average Bonchev–Trinajstić information content (AvgIpc) is 3.04. The van der Waals surface area contributed by atoms with Crippen LogP contribution in [0.1, 0.15) is 31.4 Å². The summed E-state index contributed by atoms with van der Waals surface area (Å²) < 4.78 is 0. The average molecular weight is 298 g/mol. The second-order valence-corrected chi connectivity index (χ2v) is 6.44. The van der Waals surface area contributed by atoms with Crippen LogP contribution in [0.2, 0.25) is 0 Å². The molecule has 0 spiro atoms. The number of nitrogens with one attached hydrogen (secondary N) is 1. The van der Waals surface area contributed by atoms with Crippen molar-refractivity contribution in [2.75, 3.05) is 5.32 Å². The number of hydrogen-bond acceptors (Lipinski definition) is 3. The maximum Gasteiger partial charge on any atom is 0.250 e. The van der Waals surface area contributed by atoms with Gasteiger partial charge in [-0.15, -0.1) is 11.3 Å². The van der Waals surface area contributed by atoms with E-state index in [4.69, 9.17) is 0 Å². The number of carbonyl (C=O) groups is 1. The molecular formula is C17H18N2OS. The summed E-state index contributed by atoms with van der Waals surface area (Å²) in [5.41, 5.74) is 5.95. The Morgan fingerprint density at radius 2 is 2.10 bits per heavy atom. The Balaban J connectivity index is 1.79. The molecule has 1 aromatic carbocycles. The predicted octanol–water partition coefficient (Wildman–Crippen LogP) is 4.20. The molecule has 0 saturated heterocycles. The van der Waals surface area contributed by atoms with E-state index >= 15 is 0 Å². The molecule has 21 heavy (non-hydrogen) atoms. The highest BCUT2D eigenvalue weighted by Gasteiger charge is 2.13. The third kappa shape index (κ3) is 3.22. The lowest BCUT2D eigenvalue weighted by molar-refractivity contribution is -0.111. The van der Waals surface area contributed by atoms with Crippen LogP contribution in [0, 0.1) is 0 Å². The van der Waals surface area contributed by atoms with E-state index in [-0.39, 0.29) is 5.91 Å². The summed E-state index contributed by atoms with van der Waals surface area (Å²) >= 11 is 1.46. The number of aryl methyl sites for hydroxylation is 2. The van der Waals surface area contributed by atoms with Gasteiger partial charge in [0, 0.05) is 17.0 Å². The molecule has 1 aliphatic rings. The summed E-state index contributed by atoms with van der Waals surface area (Å²) in [7, 11) is 0. The highest BCUT2D eigenvalue weighted by Crippen LogP contribution is 2.30. The van der Waals surface area contributed by atoms with Gasteiger partial charge in [0.1, 0.15) is 0 Å². The molecule has 1 N–H and O–H groups in total. The topological polar surface area (TPSA) is 42.0 Å². The first-order valence-electron chi connectivity index (χ1n) is 7.15. The predicted molar refractivity (Wildman–Crippen MR) is 87.6 cm³/mol. The fourth-order valence-corrected chi connectivity index (χ4v) is 3.32. The number of aromatic nitrogens is 1. The van der Waals surface area contributed by atoms with Crippen molar-refractivity contribution in [3.63, 3.8) is 0 Å². The van der Waals surface area contributed by atoms with Gasteiger partial charge in [-0.1, -0.05) is 17.7 Å². The number of hydrogen-bond donors (Lipinski definition) is 1. The molecule has 1 amide bonds. The van der Waals surface area contributed by atoms with E-state index in [1.54, 1.807) is 6.08 Å². The van der Waals surface area contributed by atoms with E-state index in [2.05, 4.69) is 28.5 Å². The van der Waals surface area contributed by atoms with E-state index in [9.17, 15) is 4.79 Å². The largest absolute Gasteiger partial charge is 0.298 e. The summed E-state index contributed by atoms with van der Waals surface area (Å²) in [4.78, 5) is 16.2. The lowest BCUT2D eigenvalue weighted by Gasteiger charge is -2.02. The van der Waals surface area contributed by atoms with Gasteiger partial charge in [0.25, 0.3) is 0 Å². The second-order valence-electron chi connectivity index (χ2n) is 5.59. The molecule has 3 rings (SSSR count). The van der Waals surface area contributed by atoms with Crippen molar-refractivity contribution < 1.29 is 4.79 Å². The summed E-state index contributed by atoms with van der Waals surface area (Å²) in [6.45, 7) is 3.80. The number of allylic oxidation sites excluding steroid dienone is 1. The van der Waals surface area contributed by atoms with E-state index in [0.717, 1.165) is 23.3 Å². The van der Waals surface area contributed by atoms with Gasteiger partial charge in [-0.2, -0.15) is 0 Å². The smallest absolute Gasteiger partial charge is 0.250 e. The van der Waals surface area contributed by atoms with Crippen LogP contribution in [-0.4, -0.2) is 10.9 Å². The van der Waals surface area contributed by atoms with Crippen LogP contribution in [-0.2, 0) is 17.6 Å². The van der Waals surface area contributed by atoms with Crippen LogP contribution in [0.3, 0.4) is 0 Å². The highest BCUT2D eigenvalue weighted by molar-refractivity contribution is 7.14. The van der Waals surface area contributed by atoms with Gasteiger partial charge >= 0.3 is 0 Å². The van der Waals surface area contributed by atoms with Crippen molar-refractivity contribution in [2.24, 2.45) is 0 Å². The lowest BCUT2D eigenvalue weighted by Crippen LogP contribution is -2.07. The molecule has 1 heterocycles. The number of rotatable bonds is 3. The van der Waals surface area contributed by atoms with Crippen molar-refractivity contribution >= 4 is 22.4 Å². The van der Waals surface area contributed by atoms with E-state index in [1.165, 1.54) is 35.3 Å². The maximum atomic E-state index is 11.7. The zero-order valence-electron chi connectivity index (χ0n) is 12.3. The van der Waals surface area contributed by atoms with Crippen LogP contribution in [0.5, 0.6) is 0 Å². The monoisotopic (exact) mass is 298 g/mol. The minimum absolute atomic E-state index is 0.121. The summed E-state index contributed by atoms with van der Waals surface area (Å²) in [6, 6.07) is 6.57. The molecule has 1 aromatic heterocycles. The van der Waals surface area contributed by atoms with Crippen LogP contribution in [0.4, 0.5) is 5.13 Å². The third-order valence-corrected chi connectivity index (χ3v) is 4.31. The number of thiazole rings is 1. The third-order valence-electron chi connectivity index (χ3n) is 3.55. The van der Waals surface area contributed by atoms with Crippen LogP contribution in [0.15, 0.2) is 35.2 Å². The molecule has 4 heteroatoms. The molecule has 2 aromatic rings. The van der Waals surface area contributed by atoms with Gasteiger partial charge in [0.05, 0.1) is 5.69 Å². The Bertz CT molecular complexity index is 711. The molecule has 0 unspecified atom stereocenters. The van der Waals surface area contributed by atoms with Crippen molar-refractivity contribution in [1.29, 1.82) is 0 Å². The van der Waals surface area contributed by atoms with E-state index in [1.807, 2.05) is 19.2 Å². The number of fused-ring (bicyclic) bond motifs is 1. The van der Waals surface area contributed by atoms with E-state index in [0.29, 0.717) is 5.13 Å². The normalized spacial score (nSPS) is 12.9. The molecule has 0 radical (unpaired) electrons. The summed E-state index contributed by atoms with van der Waals surface area (Å²) in [6.07, 6.45) is 5.19. The van der Waals surface area contributed by atoms with Gasteiger partial charge in [-0.3, -0.25) is 10.1 Å². The molecule has 108 valence electrons. The number of anilines is 1.